The van der Waals surface area contributed by atoms with Crippen LogP contribution in [0.1, 0.15) is 34.8 Å². The van der Waals surface area contributed by atoms with Gasteiger partial charge < -0.3 is 15.4 Å². The Labute approximate surface area is 162 Å². The van der Waals surface area contributed by atoms with E-state index in [1.54, 1.807) is 36.5 Å². The standard InChI is InChI=1S/C22H19N3O3/c26-20-12-11-19(25-20)16-4-3-5-17(14-16)24-22(27)15-7-9-18(10-8-15)28-21-6-1-2-13-23-21/h1-10,13-14,19H,11-12H2,(H,24,27)(H,25,26). The number of carbonyl (C=O) groups excluding carboxylic acids is 2. The maximum absolute atomic E-state index is 12.5. The molecular formula is C22H19N3O3. The highest BCUT2D eigenvalue weighted by molar-refractivity contribution is 6.04. The van der Waals surface area contributed by atoms with Crippen molar-refractivity contribution >= 4 is 17.5 Å². The van der Waals surface area contributed by atoms with E-state index < -0.39 is 0 Å². The number of hydrogen-bond donors (Lipinski definition) is 2. The first-order valence-corrected chi connectivity index (χ1v) is 9.07. The Kier molecular flexibility index (Phi) is 5.01. The van der Waals surface area contributed by atoms with E-state index in [2.05, 4.69) is 15.6 Å². The number of rotatable bonds is 5. The summed E-state index contributed by atoms with van der Waals surface area (Å²) in [5.74, 6) is 0.953. The van der Waals surface area contributed by atoms with Crippen LogP contribution in [0.15, 0.2) is 72.9 Å². The number of aromatic nitrogens is 1. The molecular weight excluding hydrogens is 354 g/mol. The summed E-state index contributed by atoms with van der Waals surface area (Å²) < 4.78 is 5.64. The molecule has 0 bridgehead atoms. The molecule has 28 heavy (non-hydrogen) atoms. The van der Waals surface area contributed by atoms with Crippen LogP contribution in [0.4, 0.5) is 5.69 Å². The van der Waals surface area contributed by atoms with Crippen LogP contribution in [0.25, 0.3) is 0 Å². The van der Waals surface area contributed by atoms with Gasteiger partial charge in [0, 0.05) is 29.9 Å². The highest BCUT2D eigenvalue weighted by Gasteiger charge is 2.22. The van der Waals surface area contributed by atoms with Crippen LogP contribution in [0.2, 0.25) is 0 Å². The molecule has 3 aromatic rings. The van der Waals surface area contributed by atoms with E-state index >= 15 is 0 Å². The molecule has 0 aliphatic carbocycles. The normalized spacial score (nSPS) is 15.7. The van der Waals surface area contributed by atoms with Gasteiger partial charge >= 0.3 is 0 Å². The van der Waals surface area contributed by atoms with Gasteiger partial charge in [-0.1, -0.05) is 18.2 Å². The van der Waals surface area contributed by atoms with E-state index in [0.717, 1.165) is 12.0 Å². The smallest absolute Gasteiger partial charge is 0.255 e. The third-order valence-corrected chi connectivity index (χ3v) is 4.52. The minimum atomic E-state index is -0.211. The number of anilines is 1. The lowest BCUT2D eigenvalue weighted by Gasteiger charge is -2.13. The van der Waals surface area contributed by atoms with Gasteiger partial charge in [0.25, 0.3) is 5.91 Å². The summed E-state index contributed by atoms with van der Waals surface area (Å²) in [6.45, 7) is 0. The molecule has 1 fully saturated rings. The summed E-state index contributed by atoms with van der Waals surface area (Å²) >= 11 is 0. The number of pyridine rings is 1. The van der Waals surface area contributed by atoms with E-state index in [0.29, 0.717) is 29.3 Å². The van der Waals surface area contributed by atoms with Gasteiger partial charge in [-0.05, 0) is 54.4 Å². The second kappa shape index (κ2) is 7.92. The predicted octanol–water partition coefficient (Wildman–Crippen LogP) is 4.08. The monoisotopic (exact) mass is 373 g/mol. The maximum Gasteiger partial charge on any atom is 0.255 e. The van der Waals surface area contributed by atoms with E-state index in [-0.39, 0.29) is 17.9 Å². The molecule has 0 radical (unpaired) electrons. The minimum Gasteiger partial charge on any atom is -0.439 e. The number of nitrogens with one attached hydrogen (secondary N) is 2. The number of ether oxygens (including phenoxy) is 1. The van der Waals surface area contributed by atoms with Crippen molar-refractivity contribution in [1.29, 1.82) is 0 Å². The first kappa shape index (κ1) is 17.7. The van der Waals surface area contributed by atoms with Gasteiger partial charge in [-0.3, -0.25) is 9.59 Å². The Morgan fingerprint density at radius 3 is 2.64 bits per heavy atom. The first-order valence-electron chi connectivity index (χ1n) is 9.07. The topological polar surface area (TPSA) is 80.3 Å². The Morgan fingerprint density at radius 1 is 1.07 bits per heavy atom. The van der Waals surface area contributed by atoms with Crippen LogP contribution in [-0.4, -0.2) is 16.8 Å². The van der Waals surface area contributed by atoms with Gasteiger partial charge in [0.1, 0.15) is 5.75 Å². The van der Waals surface area contributed by atoms with Crippen LogP contribution in [-0.2, 0) is 4.79 Å². The zero-order valence-corrected chi connectivity index (χ0v) is 15.1. The molecule has 4 rings (SSSR count). The molecule has 6 nitrogen and oxygen atoms in total. The molecule has 0 spiro atoms. The van der Waals surface area contributed by atoms with E-state index in [4.69, 9.17) is 4.74 Å². The summed E-state index contributed by atoms with van der Waals surface area (Å²) in [5.41, 5.74) is 2.20. The maximum atomic E-state index is 12.5. The molecule has 1 unspecified atom stereocenters. The quantitative estimate of drug-likeness (QED) is 0.706. The SMILES string of the molecule is O=C1CCC(c2cccc(NC(=O)c3ccc(Oc4ccccn4)cc3)c2)N1. The van der Waals surface area contributed by atoms with Crippen LogP contribution < -0.4 is 15.4 Å². The summed E-state index contributed by atoms with van der Waals surface area (Å²) in [6, 6.07) is 19.8. The van der Waals surface area contributed by atoms with Gasteiger partial charge in [-0.2, -0.15) is 0 Å². The molecule has 1 atom stereocenters. The van der Waals surface area contributed by atoms with E-state index in [1.165, 1.54) is 0 Å². The highest BCUT2D eigenvalue weighted by Crippen LogP contribution is 2.26. The van der Waals surface area contributed by atoms with Crippen LogP contribution in [0.3, 0.4) is 0 Å². The molecule has 140 valence electrons. The van der Waals surface area contributed by atoms with Gasteiger partial charge in [0.2, 0.25) is 11.8 Å². The summed E-state index contributed by atoms with van der Waals surface area (Å²) in [6.07, 6.45) is 2.96. The third kappa shape index (κ3) is 4.17. The van der Waals surface area contributed by atoms with Gasteiger partial charge in [-0.15, -0.1) is 0 Å². The average Bonchev–Trinajstić information content (AvgIpc) is 3.16. The Hall–Kier alpha value is -3.67. The third-order valence-electron chi connectivity index (χ3n) is 4.52. The fourth-order valence-electron chi connectivity index (χ4n) is 3.10. The van der Waals surface area contributed by atoms with Gasteiger partial charge in [-0.25, -0.2) is 4.98 Å². The first-order chi connectivity index (χ1) is 13.7. The summed E-state index contributed by atoms with van der Waals surface area (Å²) in [7, 11) is 0. The lowest BCUT2D eigenvalue weighted by Crippen LogP contribution is -2.18. The second-order valence-corrected chi connectivity index (χ2v) is 6.53. The van der Waals surface area contributed by atoms with Crippen molar-refractivity contribution in [3.05, 3.63) is 84.1 Å². The Morgan fingerprint density at radius 2 is 1.93 bits per heavy atom. The zero-order valence-electron chi connectivity index (χ0n) is 15.1. The molecule has 1 aliphatic heterocycles. The fourth-order valence-corrected chi connectivity index (χ4v) is 3.10. The van der Waals surface area contributed by atoms with Crippen LogP contribution in [0.5, 0.6) is 11.6 Å². The number of nitrogens with zero attached hydrogens (tertiary/aromatic N) is 1. The molecule has 0 saturated carbocycles. The largest absolute Gasteiger partial charge is 0.439 e. The van der Waals surface area contributed by atoms with E-state index in [9.17, 15) is 9.59 Å². The van der Waals surface area contributed by atoms with Crippen molar-refractivity contribution in [2.45, 2.75) is 18.9 Å². The summed E-state index contributed by atoms with van der Waals surface area (Å²) in [4.78, 5) is 28.1. The average molecular weight is 373 g/mol. The van der Waals surface area contributed by atoms with Crippen molar-refractivity contribution in [3.8, 4) is 11.6 Å². The van der Waals surface area contributed by atoms with Crippen LogP contribution in [0, 0.1) is 0 Å². The Balaban J connectivity index is 1.41. The van der Waals surface area contributed by atoms with E-state index in [1.807, 2.05) is 36.4 Å². The molecule has 1 aliphatic rings. The minimum absolute atomic E-state index is 0.00683. The van der Waals surface area contributed by atoms with Gasteiger partial charge in [0.15, 0.2) is 0 Å². The molecule has 6 heteroatoms. The molecule has 1 saturated heterocycles. The summed E-state index contributed by atoms with van der Waals surface area (Å²) in [5, 5.41) is 5.84. The highest BCUT2D eigenvalue weighted by atomic mass is 16.5. The van der Waals surface area contributed by atoms with Crippen LogP contribution >= 0.6 is 0 Å². The molecule has 2 aromatic carbocycles. The van der Waals surface area contributed by atoms with Crippen molar-refractivity contribution in [2.75, 3.05) is 5.32 Å². The lowest BCUT2D eigenvalue weighted by atomic mass is 10.0. The molecule has 2 N–H and O–H groups in total. The molecule has 1 aromatic heterocycles. The van der Waals surface area contributed by atoms with Crippen molar-refractivity contribution in [3.63, 3.8) is 0 Å². The fraction of sp³-hybridized carbons (Fsp3) is 0.136. The number of benzene rings is 2. The second-order valence-electron chi connectivity index (χ2n) is 6.53. The van der Waals surface area contributed by atoms with Crippen molar-refractivity contribution in [2.24, 2.45) is 0 Å². The number of amides is 2. The zero-order chi connectivity index (χ0) is 19.3. The Bertz CT molecular complexity index is 987. The lowest BCUT2D eigenvalue weighted by molar-refractivity contribution is -0.119. The number of carbonyl (C=O) groups is 2. The molecule has 2 heterocycles. The number of hydrogen-bond acceptors (Lipinski definition) is 4. The molecule has 2 amide bonds. The van der Waals surface area contributed by atoms with Crippen molar-refractivity contribution < 1.29 is 14.3 Å². The predicted molar refractivity (Wildman–Crippen MR) is 105 cm³/mol. The van der Waals surface area contributed by atoms with Gasteiger partial charge in [0.05, 0.1) is 6.04 Å². The van der Waals surface area contributed by atoms with Crippen molar-refractivity contribution in [1.82, 2.24) is 10.3 Å².